The zero-order valence-electron chi connectivity index (χ0n) is 13.4. The highest BCUT2D eigenvalue weighted by atomic mass is 16.5. The fourth-order valence-electron chi connectivity index (χ4n) is 2.81. The molecule has 0 bridgehead atoms. The van der Waals surface area contributed by atoms with Crippen molar-refractivity contribution in [3.8, 4) is 5.75 Å². The predicted octanol–water partition coefficient (Wildman–Crippen LogP) is 3.41. The SMILES string of the molecule is CC1CCC(O)(CNc2cc(N)cc(OC(C)C)c2)CC1. The molecule has 0 heterocycles. The summed E-state index contributed by atoms with van der Waals surface area (Å²) in [5.74, 6) is 1.49. The van der Waals surface area contributed by atoms with Gasteiger partial charge in [0.05, 0.1) is 11.7 Å². The maximum absolute atomic E-state index is 10.6. The van der Waals surface area contributed by atoms with Crippen molar-refractivity contribution in [2.45, 2.75) is 58.2 Å². The summed E-state index contributed by atoms with van der Waals surface area (Å²) in [7, 11) is 0. The van der Waals surface area contributed by atoms with Crippen LogP contribution in [0.15, 0.2) is 18.2 Å². The van der Waals surface area contributed by atoms with E-state index >= 15 is 0 Å². The molecule has 4 nitrogen and oxygen atoms in total. The van der Waals surface area contributed by atoms with Gasteiger partial charge in [-0.05, 0) is 51.5 Å². The van der Waals surface area contributed by atoms with E-state index < -0.39 is 5.60 Å². The quantitative estimate of drug-likeness (QED) is 0.728. The van der Waals surface area contributed by atoms with Crippen LogP contribution in [-0.2, 0) is 0 Å². The van der Waals surface area contributed by atoms with Crippen LogP contribution in [0.3, 0.4) is 0 Å². The maximum Gasteiger partial charge on any atom is 0.123 e. The molecule has 1 fully saturated rings. The molecular weight excluding hydrogens is 264 g/mol. The molecule has 1 aromatic rings. The lowest BCUT2D eigenvalue weighted by Gasteiger charge is -2.35. The summed E-state index contributed by atoms with van der Waals surface area (Å²) in [4.78, 5) is 0. The molecular formula is C17H28N2O2. The van der Waals surface area contributed by atoms with Gasteiger partial charge < -0.3 is 20.9 Å². The number of hydrogen-bond acceptors (Lipinski definition) is 4. The number of hydrogen-bond donors (Lipinski definition) is 3. The molecule has 1 aromatic carbocycles. The molecule has 1 aliphatic carbocycles. The van der Waals surface area contributed by atoms with Crippen LogP contribution in [0.4, 0.5) is 11.4 Å². The van der Waals surface area contributed by atoms with Crippen LogP contribution in [0.2, 0.25) is 0 Å². The molecule has 0 aromatic heterocycles. The second-order valence-electron chi connectivity index (χ2n) is 6.72. The molecule has 0 atom stereocenters. The lowest BCUT2D eigenvalue weighted by Crippen LogP contribution is -2.40. The molecule has 0 amide bonds. The van der Waals surface area contributed by atoms with Gasteiger partial charge in [0.15, 0.2) is 0 Å². The monoisotopic (exact) mass is 292 g/mol. The third-order valence-electron chi connectivity index (χ3n) is 4.13. The smallest absolute Gasteiger partial charge is 0.123 e. The third-order valence-corrected chi connectivity index (χ3v) is 4.13. The van der Waals surface area contributed by atoms with Gasteiger partial charge in [-0.3, -0.25) is 0 Å². The van der Waals surface area contributed by atoms with Crippen LogP contribution >= 0.6 is 0 Å². The minimum Gasteiger partial charge on any atom is -0.491 e. The standard InChI is InChI=1S/C17H28N2O2/c1-12(2)21-16-9-14(18)8-15(10-16)19-11-17(20)6-4-13(3)5-7-17/h8-10,12-13,19-20H,4-7,11,18H2,1-3H3. The normalized spacial score (nSPS) is 25.9. The second kappa shape index (κ2) is 6.56. The van der Waals surface area contributed by atoms with E-state index in [2.05, 4.69) is 12.2 Å². The summed E-state index contributed by atoms with van der Waals surface area (Å²) in [6.45, 7) is 6.79. The highest BCUT2D eigenvalue weighted by Crippen LogP contribution is 2.32. The van der Waals surface area contributed by atoms with Gasteiger partial charge in [0.2, 0.25) is 0 Å². The van der Waals surface area contributed by atoms with Gasteiger partial charge in [-0.15, -0.1) is 0 Å². The van der Waals surface area contributed by atoms with Crippen molar-refractivity contribution in [3.05, 3.63) is 18.2 Å². The molecule has 1 saturated carbocycles. The van der Waals surface area contributed by atoms with Crippen molar-refractivity contribution >= 4 is 11.4 Å². The van der Waals surface area contributed by atoms with Gasteiger partial charge in [0.1, 0.15) is 5.75 Å². The first-order valence-corrected chi connectivity index (χ1v) is 7.90. The first kappa shape index (κ1) is 16.0. The first-order chi connectivity index (χ1) is 9.86. The van der Waals surface area contributed by atoms with Crippen LogP contribution in [0.25, 0.3) is 0 Å². The average molecular weight is 292 g/mol. The van der Waals surface area contributed by atoms with Crippen molar-refractivity contribution in [3.63, 3.8) is 0 Å². The summed E-state index contributed by atoms with van der Waals surface area (Å²) in [5, 5.41) is 13.9. The number of nitrogens with two attached hydrogens (primary N) is 1. The number of rotatable bonds is 5. The van der Waals surface area contributed by atoms with E-state index in [1.54, 1.807) is 0 Å². The van der Waals surface area contributed by atoms with E-state index in [0.717, 1.165) is 43.0 Å². The fourth-order valence-corrected chi connectivity index (χ4v) is 2.81. The van der Waals surface area contributed by atoms with E-state index in [0.29, 0.717) is 12.2 Å². The highest BCUT2D eigenvalue weighted by molar-refractivity contribution is 5.59. The first-order valence-electron chi connectivity index (χ1n) is 7.90. The van der Waals surface area contributed by atoms with E-state index in [1.807, 2.05) is 32.0 Å². The summed E-state index contributed by atoms with van der Waals surface area (Å²) in [6.07, 6.45) is 4.02. The zero-order valence-corrected chi connectivity index (χ0v) is 13.4. The number of ether oxygens (including phenoxy) is 1. The topological polar surface area (TPSA) is 67.5 Å². The van der Waals surface area contributed by atoms with Crippen molar-refractivity contribution in [2.24, 2.45) is 5.92 Å². The molecule has 4 N–H and O–H groups in total. The third kappa shape index (κ3) is 4.81. The van der Waals surface area contributed by atoms with Gasteiger partial charge in [-0.2, -0.15) is 0 Å². The molecule has 118 valence electrons. The number of aliphatic hydroxyl groups is 1. The minimum atomic E-state index is -0.601. The van der Waals surface area contributed by atoms with Crippen LogP contribution in [0.5, 0.6) is 5.75 Å². The Kier molecular flexibility index (Phi) is 4.99. The summed E-state index contributed by atoms with van der Waals surface area (Å²) < 4.78 is 5.68. The number of nitrogens with one attached hydrogen (secondary N) is 1. The summed E-state index contributed by atoms with van der Waals surface area (Å²) in [6, 6.07) is 5.63. The predicted molar refractivity (Wildman–Crippen MR) is 87.7 cm³/mol. The Morgan fingerprint density at radius 1 is 1.33 bits per heavy atom. The Bertz CT molecular complexity index is 466. The molecule has 0 aliphatic heterocycles. The molecule has 1 aliphatic rings. The Morgan fingerprint density at radius 2 is 2.00 bits per heavy atom. The molecule has 0 radical (unpaired) electrons. The van der Waals surface area contributed by atoms with E-state index in [-0.39, 0.29) is 6.10 Å². The van der Waals surface area contributed by atoms with Crippen LogP contribution < -0.4 is 15.8 Å². The number of nitrogen functional groups attached to an aromatic ring is 1. The van der Waals surface area contributed by atoms with Gasteiger partial charge in [0, 0.05) is 30.1 Å². The molecule has 2 rings (SSSR count). The largest absolute Gasteiger partial charge is 0.491 e. The van der Waals surface area contributed by atoms with E-state index in [4.69, 9.17) is 10.5 Å². The highest BCUT2D eigenvalue weighted by Gasteiger charge is 2.31. The summed E-state index contributed by atoms with van der Waals surface area (Å²) in [5.41, 5.74) is 6.88. The molecule has 0 unspecified atom stereocenters. The number of benzene rings is 1. The van der Waals surface area contributed by atoms with Gasteiger partial charge in [-0.25, -0.2) is 0 Å². The Balaban J connectivity index is 1.97. The van der Waals surface area contributed by atoms with E-state index in [1.165, 1.54) is 0 Å². The summed E-state index contributed by atoms with van der Waals surface area (Å²) >= 11 is 0. The minimum absolute atomic E-state index is 0.115. The molecule has 4 heteroatoms. The van der Waals surface area contributed by atoms with Crippen molar-refractivity contribution in [1.29, 1.82) is 0 Å². The van der Waals surface area contributed by atoms with Crippen LogP contribution in [-0.4, -0.2) is 23.4 Å². The number of anilines is 2. The van der Waals surface area contributed by atoms with E-state index in [9.17, 15) is 5.11 Å². The van der Waals surface area contributed by atoms with Gasteiger partial charge >= 0.3 is 0 Å². The fraction of sp³-hybridized carbons (Fsp3) is 0.647. The van der Waals surface area contributed by atoms with Crippen LogP contribution in [0.1, 0.15) is 46.5 Å². The lowest BCUT2D eigenvalue weighted by atomic mass is 9.79. The molecule has 0 saturated heterocycles. The molecule has 0 spiro atoms. The van der Waals surface area contributed by atoms with Gasteiger partial charge in [0.25, 0.3) is 0 Å². The zero-order chi connectivity index (χ0) is 15.5. The average Bonchev–Trinajstić information content (AvgIpc) is 2.39. The Labute approximate surface area is 127 Å². The van der Waals surface area contributed by atoms with Crippen molar-refractivity contribution in [1.82, 2.24) is 0 Å². The second-order valence-corrected chi connectivity index (χ2v) is 6.72. The molecule has 21 heavy (non-hydrogen) atoms. The van der Waals surface area contributed by atoms with Crippen LogP contribution in [0, 0.1) is 5.92 Å². The maximum atomic E-state index is 10.6. The van der Waals surface area contributed by atoms with Gasteiger partial charge in [-0.1, -0.05) is 6.92 Å². The van der Waals surface area contributed by atoms with Crippen molar-refractivity contribution < 1.29 is 9.84 Å². The lowest BCUT2D eigenvalue weighted by molar-refractivity contribution is 0.00500. The Morgan fingerprint density at radius 3 is 2.62 bits per heavy atom. The van der Waals surface area contributed by atoms with Crippen molar-refractivity contribution in [2.75, 3.05) is 17.6 Å². The Hall–Kier alpha value is -1.42.